The Kier molecular flexibility index (Phi) is 7.13. The molecule has 1 heterocycles. The van der Waals surface area contributed by atoms with Crippen molar-refractivity contribution >= 4 is 17.2 Å². The highest BCUT2D eigenvalue weighted by atomic mass is 15.0. The minimum Gasteiger partial charge on any atom is -0.343 e. The molecule has 0 fully saturated rings. The van der Waals surface area contributed by atoms with Gasteiger partial charge >= 0.3 is 0 Å². The fraction of sp³-hybridized carbons (Fsp3) is 0.471. The molecule has 1 aliphatic heterocycles. The second kappa shape index (κ2) is 7.78. The maximum atomic E-state index is 4.61. The van der Waals surface area contributed by atoms with Crippen molar-refractivity contribution in [2.45, 2.75) is 48.5 Å². The third-order valence-electron chi connectivity index (χ3n) is 2.44. The van der Waals surface area contributed by atoms with Gasteiger partial charge in [-0.05, 0) is 6.07 Å². The van der Waals surface area contributed by atoms with Crippen LogP contribution < -0.4 is 5.32 Å². The minimum atomic E-state index is 0.0243. The number of hydrogen-bond donors (Lipinski definition) is 1. The zero-order valence-corrected chi connectivity index (χ0v) is 13.5. The number of para-hydroxylation sites is 1. The van der Waals surface area contributed by atoms with Crippen LogP contribution in [0.1, 0.15) is 54.0 Å². The number of nitrogens with zero attached hydrogens (tertiary/aromatic N) is 1. The number of aliphatic imine (C=N–C) groups is 1. The summed E-state index contributed by atoms with van der Waals surface area (Å²) in [4.78, 5) is 4.61. The van der Waals surface area contributed by atoms with Crippen LogP contribution in [-0.2, 0) is 0 Å². The summed E-state index contributed by atoms with van der Waals surface area (Å²) in [5.74, 6) is 0.978. The highest BCUT2D eigenvalue weighted by Gasteiger charge is 2.23. The molecule has 0 aromatic heterocycles. The summed E-state index contributed by atoms with van der Waals surface area (Å²) in [6.45, 7) is 18.4. The first kappa shape index (κ1) is 17.4. The summed E-state index contributed by atoms with van der Waals surface area (Å²) < 4.78 is 0. The molecule has 0 aliphatic carbocycles. The summed E-state index contributed by atoms with van der Waals surface area (Å²) in [6.07, 6.45) is 0. The first-order valence-corrected chi connectivity index (χ1v) is 7.13. The molecule has 2 heteroatoms. The molecule has 2 rings (SSSR count). The lowest BCUT2D eigenvalue weighted by Crippen LogP contribution is -2.35. The van der Waals surface area contributed by atoms with Gasteiger partial charge in [0.05, 0.1) is 5.69 Å². The second-order valence-corrected chi connectivity index (χ2v) is 4.83. The van der Waals surface area contributed by atoms with Gasteiger partial charge in [0.15, 0.2) is 0 Å². The molecule has 0 radical (unpaired) electrons. The number of rotatable bonds is 0. The number of fused-ring (bicyclic) bond motifs is 1. The zero-order chi connectivity index (χ0) is 15.1. The molecule has 0 unspecified atom stereocenters. The maximum Gasteiger partial charge on any atom is 0.112 e. The van der Waals surface area contributed by atoms with Gasteiger partial charge in [-0.15, -0.1) is 0 Å². The van der Waals surface area contributed by atoms with Crippen LogP contribution in [0.15, 0.2) is 35.8 Å². The van der Waals surface area contributed by atoms with E-state index in [0.29, 0.717) is 0 Å². The Morgan fingerprint density at radius 3 is 2.05 bits per heavy atom. The highest BCUT2D eigenvalue weighted by molar-refractivity contribution is 6.00. The first-order chi connectivity index (χ1) is 8.98. The first-order valence-electron chi connectivity index (χ1n) is 7.13. The number of nitrogens with one attached hydrogen (secondary N) is 1. The fourth-order valence-electron chi connectivity index (χ4n) is 1.54. The minimum absolute atomic E-state index is 0.0243. The molecule has 1 aromatic rings. The lowest BCUT2D eigenvalue weighted by Gasteiger charge is -2.28. The Hall–Kier alpha value is -1.57. The summed E-state index contributed by atoms with van der Waals surface area (Å²) >= 11 is 0. The van der Waals surface area contributed by atoms with Gasteiger partial charge in [-0.25, -0.2) is 4.99 Å². The monoisotopic (exact) mass is 260 g/mol. The molecular weight excluding hydrogens is 232 g/mol. The van der Waals surface area contributed by atoms with Crippen molar-refractivity contribution in [2.75, 3.05) is 0 Å². The largest absolute Gasteiger partial charge is 0.343 e. The Morgan fingerprint density at radius 1 is 1.00 bits per heavy atom. The number of hydrogen-bond acceptors (Lipinski definition) is 2. The van der Waals surface area contributed by atoms with E-state index in [2.05, 4.69) is 37.7 Å². The number of benzene rings is 1. The van der Waals surface area contributed by atoms with Crippen molar-refractivity contribution in [2.24, 2.45) is 10.4 Å². The summed E-state index contributed by atoms with van der Waals surface area (Å²) in [7, 11) is 0. The third kappa shape index (κ3) is 4.55. The van der Waals surface area contributed by atoms with Gasteiger partial charge in [-0.2, -0.15) is 0 Å². The van der Waals surface area contributed by atoms with E-state index in [-0.39, 0.29) is 5.41 Å². The average molecular weight is 260 g/mol. The molecular formula is C17H28N2. The standard InChI is InChI=1S/C13H16N2.2C2H6/c1-9-10-7-5-6-8-11(10)15-12(14-9)13(2,3)4;2*1-2/h5-8H,1H2,2-4H3,(H,14,15);2*1-2H3. The molecule has 106 valence electrons. The molecule has 0 saturated heterocycles. The zero-order valence-electron chi connectivity index (χ0n) is 13.5. The van der Waals surface area contributed by atoms with Crippen LogP contribution in [0.2, 0.25) is 0 Å². The second-order valence-electron chi connectivity index (χ2n) is 4.83. The van der Waals surface area contributed by atoms with Crippen molar-refractivity contribution in [1.82, 2.24) is 5.32 Å². The molecule has 2 nitrogen and oxygen atoms in total. The Morgan fingerprint density at radius 2 is 1.53 bits per heavy atom. The van der Waals surface area contributed by atoms with Crippen LogP contribution in [0.3, 0.4) is 0 Å². The van der Waals surface area contributed by atoms with Gasteiger partial charge in [-0.1, -0.05) is 73.2 Å². The third-order valence-corrected chi connectivity index (χ3v) is 2.44. The summed E-state index contributed by atoms with van der Waals surface area (Å²) in [5.41, 5.74) is 3.05. The van der Waals surface area contributed by atoms with Crippen molar-refractivity contribution in [3.8, 4) is 0 Å². The highest BCUT2D eigenvalue weighted by Crippen LogP contribution is 2.31. The van der Waals surface area contributed by atoms with Crippen molar-refractivity contribution in [3.05, 3.63) is 36.4 Å². The van der Waals surface area contributed by atoms with Crippen LogP contribution in [0.25, 0.3) is 5.70 Å². The van der Waals surface area contributed by atoms with E-state index < -0.39 is 0 Å². The van der Waals surface area contributed by atoms with Crippen LogP contribution >= 0.6 is 0 Å². The van der Waals surface area contributed by atoms with Crippen molar-refractivity contribution < 1.29 is 0 Å². The lowest BCUT2D eigenvalue weighted by atomic mass is 9.93. The Bertz CT molecular complexity index is 437. The quantitative estimate of drug-likeness (QED) is 0.664. The van der Waals surface area contributed by atoms with Gasteiger partial charge in [0.25, 0.3) is 0 Å². The van der Waals surface area contributed by atoms with Crippen LogP contribution in [0.4, 0.5) is 5.69 Å². The van der Waals surface area contributed by atoms with Crippen LogP contribution in [-0.4, -0.2) is 5.84 Å². The Balaban J connectivity index is 0.000000741. The van der Waals surface area contributed by atoms with Gasteiger partial charge < -0.3 is 5.32 Å². The van der Waals surface area contributed by atoms with E-state index in [1.165, 1.54) is 0 Å². The molecule has 0 spiro atoms. The van der Waals surface area contributed by atoms with E-state index in [1.54, 1.807) is 0 Å². The van der Waals surface area contributed by atoms with Crippen molar-refractivity contribution in [3.63, 3.8) is 0 Å². The van der Waals surface area contributed by atoms with E-state index in [4.69, 9.17) is 0 Å². The van der Waals surface area contributed by atoms with E-state index in [1.807, 2.05) is 52.0 Å². The molecule has 0 saturated carbocycles. The normalized spacial score (nSPS) is 12.8. The molecule has 0 amide bonds. The molecule has 0 bridgehead atoms. The van der Waals surface area contributed by atoms with Gasteiger partial charge in [0, 0.05) is 16.7 Å². The maximum absolute atomic E-state index is 4.61. The Labute approximate surface area is 118 Å². The van der Waals surface area contributed by atoms with Gasteiger partial charge in [0.2, 0.25) is 0 Å². The van der Waals surface area contributed by atoms with Crippen molar-refractivity contribution in [1.29, 1.82) is 0 Å². The average Bonchev–Trinajstić information content (AvgIpc) is 2.42. The SMILES string of the molecule is C=C1NC(C(C)(C)C)=Nc2ccccc21.CC.CC. The van der Waals surface area contributed by atoms with Gasteiger partial charge in [-0.3, -0.25) is 0 Å². The molecule has 1 N–H and O–H groups in total. The van der Waals surface area contributed by atoms with E-state index in [9.17, 15) is 0 Å². The lowest BCUT2D eigenvalue weighted by molar-refractivity contribution is 0.575. The summed E-state index contributed by atoms with van der Waals surface area (Å²) in [5, 5.41) is 3.27. The van der Waals surface area contributed by atoms with E-state index in [0.717, 1.165) is 22.8 Å². The predicted molar refractivity (Wildman–Crippen MR) is 87.9 cm³/mol. The molecule has 19 heavy (non-hydrogen) atoms. The molecule has 1 aliphatic rings. The smallest absolute Gasteiger partial charge is 0.112 e. The number of amidine groups is 1. The predicted octanol–water partition coefficient (Wildman–Crippen LogP) is 5.39. The summed E-state index contributed by atoms with van der Waals surface area (Å²) in [6, 6.07) is 8.06. The van der Waals surface area contributed by atoms with Crippen LogP contribution in [0, 0.1) is 5.41 Å². The van der Waals surface area contributed by atoms with E-state index >= 15 is 0 Å². The topological polar surface area (TPSA) is 24.4 Å². The molecule has 1 aromatic carbocycles. The van der Waals surface area contributed by atoms with Crippen LogP contribution in [0.5, 0.6) is 0 Å². The molecule has 0 atom stereocenters. The van der Waals surface area contributed by atoms with Gasteiger partial charge in [0.1, 0.15) is 5.84 Å². The fourth-order valence-corrected chi connectivity index (χ4v) is 1.54.